The van der Waals surface area contributed by atoms with Crippen molar-refractivity contribution in [3.63, 3.8) is 0 Å². The lowest BCUT2D eigenvalue weighted by Crippen LogP contribution is -1.98. The minimum atomic E-state index is -0.675. The van der Waals surface area contributed by atoms with Crippen LogP contribution in [0.15, 0.2) is 54.7 Å². The van der Waals surface area contributed by atoms with E-state index < -0.39 is 22.2 Å². The monoisotopic (exact) mass is 326 g/mol. The molecule has 0 radical (unpaired) electrons. The Balaban J connectivity index is 1.93. The lowest BCUT2D eigenvalue weighted by molar-refractivity contribution is -0.385. The van der Waals surface area contributed by atoms with Crippen LogP contribution < -0.4 is 5.32 Å². The summed E-state index contributed by atoms with van der Waals surface area (Å²) in [5, 5.41) is 23.3. The molecule has 1 aromatic heterocycles. The Morgan fingerprint density at radius 3 is 2.75 bits per heavy atom. The lowest BCUT2D eigenvalue weighted by Gasteiger charge is -2.07. The van der Waals surface area contributed by atoms with E-state index in [-0.39, 0.29) is 5.95 Å². The standard InChI is InChI=1S/C16H11FN4O3/c17-11-2-1-3-12(9-11)19-16-18-7-6-13(20-16)10-4-5-15(22)14(8-10)21(23)24/h1-9,22H,(H,18,19,20). The largest absolute Gasteiger partial charge is 0.502 e. The number of halogens is 1. The molecule has 0 amide bonds. The number of hydrogen-bond acceptors (Lipinski definition) is 6. The zero-order chi connectivity index (χ0) is 17.1. The smallest absolute Gasteiger partial charge is 0.311 e. The van der Waals surface area contributed by atoms with Crippen molar-refractivity contribution in [2.24, 2.45) is 0 Å². The number of phenolic OH excluding ortho intramolecular Hbond substituents is 1. The molecule has 0 aliphatic rings. The summed E-state index contributed by atoms with van der Waals surface area (Å²) in [6.45, 7) is 0. The number of nitrogens with one attached hydrogen (secondary N) is 1. The number of nitro benzene ring substituents is 1. The number of nitrogens with zero attached hydrogens (tertiary/aromatic N) is 3. The van der Waals surface area contributed by atoms with Crippen LogP contribution in [-0.2, 0) is 0 Å². The van der Waals surface area contributed by atoms with Gasteiger partial charge in [0.05, 0.1) is 10.6 Å². The van der Waals surface area contributed by atoms with Crippen molar-refractivity contribution in [1.29, 1.82) is 0 Å². The maximum absolute atomic E-state index is 13.2. The molecule has 7 nitrogen and oxygen atoms in total. The predicted octanol–water partition coefficient (Wildman–Crippen LogP) is 3.64. The van der Waals surface area contributed by atoms with Gasteiger partial charge in [-0.15, -0.1) is 0 Å². The summed E-state index contributed by atoms with van der Waals surface area (Å²) in [4.78, 5) is 18.5. The second kappa shape index (κ2) is 6.29. The number of aromatic hydroxyl groups is 1. The number of anilines is 2. The Labute approximate surface area is 135 Å². The van der Waals surface area contributed by atoms with Gasteiger partial charge in [-0.1, -0.05) is 6.07 Å². The first-order valence-corrected chi connectivity index (χ1v) is 6.86. The molecule has 0 fully saturated rings. The molecule has 0 spiro atoms. The number of aromatic nitrogens is 2. The van der Waals surface area contributed by atoms with Crippen molar-refractivity contribution in [2.45, 2.75) is 0 Å². The van der Waals surface area contributed by atoms with E-state index in [2.05, 4.69) is 15.3 Å². The Kier molecular flexibility index (Phi) is 4.02. The van der Waals surface area contributed by atoms with Gasteiger partial charge in [0.25, 0.3) is 0 Å². The Morgan fingerprint density at radius 2 is 2.00 bits per heavy atom. The molecule has 120 valence electrons. The molecule has 0 unspecified atom stereocenters. The highest BCUT2D eigenvalue weighted by atomic mass is 19.1. The van der Waals surface area contributed by atoms with E-state index >= 15 is 0 Å². The molecular formula is C16H11FN4O3. The van der Waals surface area contributed by atoms with Gasteiger partial charge in [-0.25, -0.2) is 14.4 Å². The van der Waals surface area contributed by atoms with E-state index in [0.29, 0.717) is 16.9 Å². The number of phenols is 1. The molecule has 0 saturated heterocycles. The Hall–Kier alpha value is -3.55. The van der Waals surface area contributed by atoms with Gasteiger partial charge in [0, 0.05) is 23.5 Å². The summed E-state index contributed by atoms with van der Waals surface area (Å²) in [5.74, 6) is -0.602. The van der Waals surface area contributed by atoms with Crippen LogP contribution in [0.1, 0.15) is 0 Å². The SMILES string of the molecule is O=[N+]([O-])c1cc(-c2ccnc(Nc3cccc(F)c3)n2)ccc1O. The molecule has 0 saturated carbocycles. The lowest BCUT2D eigenvalue weighted by atomic mass is 10.1. The topological polar surface area (TPSA) is 101 Å². The van der Waals surface area contributed by atoms with Crippen LogP contribution >= 0.6 is 0 Å². The van der Waals surface area contributed by atoms with Gasteiger partial charge < -0.3 is 10.4 Å². The zero-order valence-corrected chi connectivity index (χ0v) is 12.2. The van der Waals surface area contributed by atoms with Crippen LogP contribution in [0.25, 0.3) is 11.3 Å². The second-order valence-corrected chi connectivity index (χ2v) is 4.86. The summed E-state index contributed by atoms with van der Waals surface area (Å²) in [6, 6.07) is 11.4. The molecule has 0 atom stereocenters. The minimum absolute atomic E-state index is 0.217. The molecule has 2 N–H and O–H groups in total. The van der Waals surface area contributed by atoms with Crippen molar-refractivity contribution in [3.8, 4) is 17.0 Å². The van der Waals surface area contributed by atoms with Crippen LogP contribution in [0.3, 0.4) is 0 Å². The minimum Gasteiger partial charge on any atom is -0.502 e. The fourth-order valence-corrected chi connectivity index (χ4v) is 2.10. The fraction of sp³-hybridized carbons (Fsp3) is 0. The van der Waals surface area contributed by atoms with Crippen molar-refractivity contribution < 1.29 is 14.4 Å². The highest BCUT2D eigenvalue weighted by molar-refractivity contribution is 5.67. The van der Waals surface area contributed by atoms with Crippen LogP contribution in [0.4, 0.5) is 21.7 Å². The molecule has 2 aromatic carbocycles. The van der Waals surface area contributed by atoms with Gasteiger partial charge in [0.15, 0.2) is 5.75 Å². The quantitative estimate of drug-likeness (QED) is 0.560. The number of benzene rings is 2. The summed E-state index contributed by atoms with van der Waals surface area (Å²) in [5.41, 5.74) is 0.936. The van der Waals surface area contributed by atoms with Crippen molar-refractivity contribution in [1.82, 2.24) is 9.97 Å². The van der Waals surface area contributed by atoms with Crippen molar-refractivity contribution in [2.75, 3.05) is 5.32 Å². The fourth-order valence-electron chi connectivity index (χ4n) is 2.10. The molecule has 0 bridgehead atoms. The normalized spacial score (nSPS) is 10.4. The molecule has 0 aliphatic heterocycles. The summed E-state index contributed by atoms with van der Waals surface area (Å²) >= 11 is 0. The number of nitro groups is 1. The third kappa shape index (κ3) is 3.27. The van der Waals surface area contributed by atoms with Gasteiger partial charge in [0.2, 0.25) is 5.95 Å². The molecule has 0 aliphatic carbocycles. The second-order valence-electron chi connectivity index (χ2n) is 4.86. The highest BCUT2D eigenvalue weighted by Crippen LogP contribution is 2.30. The molecule has 24 heavy (non-hydrogen) atoms. The van der Waals surface area contributed by atoms with Gasteiger partial charge >= 0.3 is 5.69 Å². The Morgan fingerprint density at radius 1 is 1.17 bits per heavy atom. The molecule has 3 rings (SSSR count). The maximum Gasteiger partial charge on any atom is 0.311 e. The van der Waals surface area contributed by atoms with Crippen LogP contribution in [0, 0.1) is 15.9 Å². The number of rotatable bonds is 4. The molecule has 1 heterocycles. The predicted molar refractivity (Wildman–Crippen MR) is 85.5 cm³/mol. The van der Waals surface area contributed by atoms with E-state index in [9.17, 15) is 19.6 Å². The van der Waals surface area contributed by atoms with Crippen molar-refractivity contribution >= 4 is 17.3 Å². The summed E-state index contributed by atoms with van der Waals surface area (Å²) in [6.07, 6.45) is 1.47. The zero-order valence-electron chi connectivity index (χ0n) is 12.2. The first-order valence-electron chi connectivity index (χ1n) is 6.86. The van der Waals surface area contributed by atoms with E-state index in [1.54, 1.807) is 18.2 Å². The third-order valence-corrected chi connectivity index (χ3v) is 3.20. The van der Waals surface area contributed by atoms with E-state index in [1.165, 1.54) is 36.5 Å². The first kappa shape index (κ1) is 15.3. The summed E-state index contributed by atoms with van der Waals surface area (Å²) in [7, 11) is 0. The summed E-state index contributed by atoms with van der Waals surface area (Å²) < 4.78 is 13.2. The highest BCUT2D eigenvalue weighted by Gasteiger charge is 2.15. The van der Waals surface area contributed by atoms with Crippen LogP contribution in [-0.4, -0.2) is 20.0 Å². The average molecular weight is 326 g/mol. The average Bonchev–Trinajstić information content (AvgIpc) is 2.55. The maximum atomic E-state index is 13.2. The van der Waals surface area contributed by atoms with Gasteiger partial charge in [-0.2, -0.15) is 0 Å². The first-order chi connectivity index (χ1) is 11.5. The number of hydrogen-bond donors (Lipinski definition) is 2. The third-order valence-electron chi connectivity index (χ3n) is 3.20. The molecular weight excluding hydrogens is 315 g/mol. The molecule has 8 heteroatoms. The van der Waals surface area contributed by atoms with Crippen LogP contribution in [0.5, 0.6) is 5.75 Å². The molecule has 3 aromatic rings. The van der Waals surface area contributed by atoms with Gasteiger partial charge in [0.1, 0.15) is 5.82 Å². The van der Waals surface area contributed by atoms with E-state index in [1.807, 2.05) is 0 Å². The Bertz CT molecular complexity index is 917. The van der Waals surface area contributed by atoms with Gasteiger partial charge in [-0.05, 0) is 36.4 Å². The van der Waals surface area contributed by atoms with Crippen molar-refractivity contribution in [3.05, 3.63) is 70.7 Å². The van der Waals surface area contributed by atoms with E-state index in [4.69, 9.17) is 0 Å². The van der Waals surface area contributed by atoms with Crippen LogP contribution in [0.2, 0.25) is 0 Å². The van der Waals surface area contributed by atoms with E-state index in [0.717, 1.165) is 0 Å². The van der Waals surface area contributed by atoms with Gasteiger partial charge in [-0.3, -0.25) is 10.1 Å².